The number of ether oxygens (including phenoxy) is 1. The van der Waals surface area contributed by atoms with Gasteiger partial charge in [0, 0.05) is 25.6 Å². The minimum atomic E-state index is -4.84. The molecule has 0 atom stereocenters. The van der Waals surface area contributed by atoms with Crippen molar-refractivity contribution >= 4 is 15.9 Å². The Morgan fingerprint density at radius 3 is 2.20 bits per heavy atom. The molecule has 3 rings (SSSR count). The molecule has 6 nitrogen and oxygen atoms in total. The topological polar surface area (TPSA) is 75.7 Å². The molecule has 2 aromatic rings. The fourth-order valence-electron chi connectivity index (χ4n) is 3.25. The van der Waals surface area contributed by atoms with Crippen molar-refractivity contribution in [2.45, 2.75) is 30.6 Å². The maximum absolute atomic E-state index is 12.7. The molecule has 1 saturated heterocycles. The first kappa shape index (κ1) is 22.1. The summed E-state index contributed by atoms with van der Waals surface area (Å²) in [7, 11) is -3.86. The maximum atomic E-state index is 12.7. The molecule has 0 spiro atoms. The van der Waals surface area contributed by atoms with E-state index in [0.29, 0.717) is 19.4 Å². The summed E-state index contributed by atoms with van der Waals surface area (Å²) in [6.07, 6.45) is -4.10. The Hall–Kier alpha value is -2.59. The molecule has 10 heteroatoms. The number of carbonyl (C=O) groups is 1. The van der Waals surface area contributed by atoms with Crippen LogP contribution in [-0.2, 0) is 21.4 Å². The largest absolute Gasteiger partial charge is 0.573 e. The Morgan fingerprint density at radius 1 is 1.03 bits per heavy atom. The van der Waals surface area contributed by atoms with Gasteiger partial charge in [0.05, 0.1) is 4.90 Å². The number of piperidine rings is 1. The summed E-state index contributed by atoms with van der Waals surface area (Å²) >= 11 is 0. The monoisotopic (exact) mass is 442 g/mol. The molecule has 2 aromatic carbocycles. The molecule has 162 valence electrons. The van der Waals surface area contributed by atoms with Crippen molar-refractivity contribution < 1.29 is 31.1 Å². The molecule has 0 aromatic heterocycles. The Labute approximate surface area is 172 Å². The second-order valence-electron chi connectivity index (χ2n) is 6.90. The molecular weight excluding hydrogens is 421 g/mol. The van der Waals surface area contributed by atoms with E-state index in [-0.39, 0.29) is 29.8 Å². The van der Waals surface area contributed by atoms with Gasteiger partial charge in [-0.25, -0.2) is 8.42 Å². The van der Waals surface area contributed by atoms with Gasteiger partial charge in [-0.1, -0.05) is 30.3 Å². The van der Waals surface area contributed by atoms with E-state index < -0.39 is 22.1 Å². The number of carbonyl (C=O) groups excluding carboxylic acids is 1. The molecule has 0 radical (unpaired) electrons. The van der Waals surface area contributed by atoms with Crippen LogP contribution in [0.2, 0.25) is 0 Å². The predicted octanol–water partition coefficient (Wildman–Crippen LogP) is 3.30. The zero-order valence-corrected chi connectivity index (χ0v) is 16.7. The number of hydrogen-bond acceptors (Lipinski definition) is 4. The van der Waals surface area contributed by atoms with Crippen LogP contribution in [0.3, 0.4) is 0 Å². The van der Waals surface area contributed by atoms with E-state index in [1.165, 1.54) is 4.31 Å². The number of amides is 1. The Bertz CT molecular complexity index is 956. The Balaban J connectivity index is 1.55. The fourth-order valence-corrected chi connectivity index (χ4v) is 4.72. The summed E-state index contributed by atoms with van der Waals surface area (Å²) in [6, 6.07) is 13.5. The molecule has 30 heavy (non-hydrogen) atoms. The number of alkyl halides is 3. The van der Waals surface area contributed by atoms with Gasteiger partial charge in [0.15, 0.2) is 0 Å². The number of hydrogen-bond donors (Lipinski definition) is 1. The van der Waals surface area contributed by atoms with Crippen LogP contribution < -0.4 is 10.1 Å². The molecule has 0 aliphatic carbocycles. The minimum Gasteiger partial charge on any atom is -0.406 e. The van der Waals surface area contributed by atoms with Gasteiger partial charge in [-0.2, -0.15) is 4.31 Å². The summed E-state index contributed by atoms with van der Waals surface area (Å²) in [5.41, 5.74) is 0.976. The van der Waals surface area contributed by atoms with Crippen LogP contribution in [0, 0.1) is 5.92 Å². The lowest BCUT2D eigenvalue weighted by molar-refractivity contribution is -0.274. The average molecular weight is 442 g/mol. The van der Waals surface area contributed by atoms with Gasteiger partial charge in [-0.15, -0.1) is 13.2 Å². The highest BCUT2D eigenvalue weighted by Gasteiger charge is 2.33. The smallest absolute Gasteiger partial charge is 0.406 e. The van der Waals surface area contributed by atoms with Crippen molar-refractivity contribution in [1.29, 1.82) is 0 Å². The Kier molecular flexibility index (Phi) is 6.67. The number of nitrogens with one attached hydrogen (secondary N) is 1. The lowest BCUT2D eigenvalue weighted by Crippen LogP contribution is -2.42. The molecular formula is C20H21F3N2O4S. The van der Waals surface area contributed by atoms with Gasteiger partial charge in [0.2, 0.25) is 15.9 Å². The first-order valence-corrected chi connectivity index (χ1v) is 10.8. The van der Waals surface area contributed by atoms with Crippen LogP contribution in [-0.4, -0.2) is 38.1 Å². The number of rotatable bonds is 6. The summed E-state index contributed by atoms with van der Waals surface area (Å²) in [6.45, 7) is 0.726. The lowest BCUT2D eigenvalue weighted by atomic mass is 9.97. The summed E-state index contributed by atoms with van der Waals surface area (Å²) in [4.78, 5) is 12.2. The van der Waals surface area contributed by atoms with Crippen LogP contribution in [0.4, 0.5) is 13.2 Å². The second kappa shape index (κ2) is 9.05. The number of sulfonamides is 1. The van der Waals surface area contributed by atoms with Crippen LogP contribution in [0.1, 0.15) is 18.4 Å². The van der Waals surface area contributed by atoms with E-state index in [9.17, 15) is 26.4 Å². The lowest BCUT2D eigenvalue weighted by Gasteiger charge is -2.30. The summed E-state index contributed by atoms with van der Waals surface area (Å²) < 4.78 is 67.2. The molecule has 1 fully saturated rings. The highest BCUT2D eigenvalue weighted by molar-refractivity contribution is 7.89. The SMILES string of the molecule is O=C(NCc1ccccc1)C1CCN(S(=O)(=O)c2ccc(OC(F)(F)F)cc2)CC1. The van der Waals surface area contributed by atoms with Gasteiger partial charge in [0.25, 0.3) is 0 Å². The summed E-state index contributed by atoms with van der Waals surface area (Å²) in [5.74, 6) is -0.900. The first-order valence-electron chi connectivity index (χ1n) is 9.33. The van der Waals surface area contributed by atoms with Crippen molar-refractivity contribution in [1.82, 2.24) is 9.62 Å². The first-order chi connectivity index (χ1) is 14.1. The third-order valence-electron chi connectivity index (χ3n) is 4.83. The number of nitrogens with zero attached hydrogens (tertiary/aromatic N) is 1. The van der Waals surface area contributed by atoms with Crippen LogP contribution in [0.5, 0.6) is 5.75 Å². The molecule has 1 aliphatic rings. The van der Waals surface area contributed by atoms with Gasteiger partial charge >= 0.3 is 6.36 Å². The van der Waals surface area contributed by atoms with Gasteiger partial charge in [-0.05, 0) is 42.7 Å². The third kappa shape index (κ3) is 5.73. The maximum Gasteiger partial charge on any atom is 0.573 e. The van der Waals surface area contributed by atoms with Crippen LogP contribution in [0.25, 0.3) is 0 Å². The number of benzene rings is 2. The van der Waals surface area contributed by atoms with Crippen LogP contribution in [0.15, 0.2) is 59.5 Å². The standard InChI is InChI=1S/C20H21F3N2O4S/c21-20(22,23)29-17-6-8-18(9-7-17)30(27,28)25-12-10-16(11-13-25)19(26)24-14-15-4-2-1-3-5-15/h1-9,16H,10-14H2,(H,24,26). The zero-order valence-electron chi connectivity index (χ0n) is 15.9. The van der Waals surface area contributed by atoms with Crippen molar-refractivity contribution in [3.05, 3.63) is 60.2 Å². The predicted molar refractivity (Wildman–Crippen MR) is 103 cm³/mol. The van der Waals surface area contributed by atoms with Crippen molar-refractivity contribution in [3.8, 4) is 5.75 Å². The van der Waals surface area contributed by atoms with Gasteiger partial charge in [-0.3, -0.25) is 4.79 Å². The van der Waals surface area contributed by atoms with Crippen LogP contribution >= 0.6 is 0 Å². The quantitative estimate of drug-likeness (QED) is 0.745. The van der Waals surface area contributed by atoms with Crippen molar-refractivity contribution in [3.63, 3.8) is 0 Å². The third-order valence-corrected chi connectivity index (χ3v) is 6.74. The molecule has 1 heterocycles. The van der Waals surface area contributed by atoms with E-state index in [4.69, 9.17) is 0 Å². The van der Waals surface area contributed by atoms with E-state index in [2.05, 4.69) is 10.1 Å². The second-order valence-corrected chi connectivity index (χ2v) is 8.84. The van der Waals surface area contributed by atoms with E-state index in [1.54, 1.807) is 0 Å². The normalized spacial score (nSPS) is 16.2. The highest BCUT2D eigenvalue weighted by atomic mass is 32.2. The van der Waals surface area contributed by atoms with Crippen molar-refractivity contribution in [2.24, 2.45) is 5.92 Å². The van der Waals surface area contributed by atoms with E-state index in [1.807, 2.05) is 30.3 Å². The fraction of sp³-hybridized carbons (Fsp3) is 0.350. The molecule has 0 saturated carbocycles. The zero-order chi connectivity index (χ0) is 21.8. The molecule has 1 N–H and O–H groups in total. The number of halogens is 3. The van der Waals surface area contributed by atoms with E-state index in [0.717, 1.165) is 29.8 Å². The highest BCUT2D eigenvalue weighted by Crippen LogP contribution is 2.27. The van der Waals surface area contributed by atoms with Gasteiger partial charge in [0.1, 0.15) is 5.75 Å². The van der Waals surface area contributed by atoms with Gasteiger partial charge < -0.3 is 10.1 Å². The van der Waals surface area contributed by atoms with E-state index >= 15 is 0 Å². The summed E-state index contributed by atoms with van der Waals surface area (Å²) in [5, 5.41) is 2.87. The van der Waals surface area contributed by atoms with Crippen molar-refractivity contribution in [2.75, 3.05) is 13.1 Å². The molecule has 0 unspecified atom stereocenters. The average Bonchev–Trinajstić information content (AvgIpc) is 2.72. The molecule has 1 aliphatic heterocycles. The molecule has 1 amide bonds. The Morgan fingerprint density at radius 2 is 1.63 bits per heavy atom. The molecule has 0 bridgehead atoms. The minimum absolute atomic E-state index is 0.121.